The minimum atomic E-state index is 0.437. The lowest BCUT2D eigenvalue weighted by Crippen LogP contribution is -2.44. The smallest absolute Gasteiger partial charge is 0.170 e. The van der Waals surface area contributed by atoms with E-state index in [0.717, 1.165) is 48.8 Å². The number of rotatable bonds is 6. The Kier molecular flexibility index (Phi) is 5.01. The quantitative estimate of drug-likeness (QED) is 0.805. The van der Waals surface area contributed by atoms with Gasteiger partial charge in [0.1, 0.15) is 12.4 Å². The van der Waals surface area contributed by atoms with Crippen molar-refractivity contribution in [3.8, 4) is 17.1 Å². The van der Waals surface area contributed by atoms with Gasteiger partial charge in [0.2, 0.25) is 0 Å². The van der Waals surface area contributed by atoms with E-state index in [0.29, 0.717) is 6.04 Å². The van der Waals surface area contributed by atoms with Gasteiger partial charge in [-0.05, 0) is 45.3 Å². The van der Waals surface area contributed by atoms with Gasteiger partial charge in [-0.1, -0.05) is 31.1 Å². The molecule has 2 aromatic rings. The van der Waals surface area contributed by atoms with Gasteiger partial charge in [-0.25, -0.2) is 0 Å². The third-order valence-corrected chi connectivity index (χ3v) is 4.54. The van der Waals surface area contributed by atoms with Crippen molar-refractivity contribution >= 4 is 0 Å². The van der Waals surface area contributed by atoms with Crippen molar-refractivity contribution < 1.29 is 9.26 Å². The van der Waals surface area contributed by atoms with Crippen LogP contribution in [0.3, 0.4) is 0 Å². The third kappa shape index (κ3) is 3.27. The van der Waals surface area contributed by atoms with Gasteiger partial charge in [0.15, 0.2) is 5.76 Å². The number of benzene rings is 1. The van der Waals surface area contributed by atoms with Crippen LogP contribution in [-0.2, 0) is 6.42 Å². The third-order valence-electron chi connectivity index (χ3n) is 4.54. The van der Waals surface area contributed by atoms with Gasteiger partial charge >= 0.3 is 0 Å². The van der Waals surface area contributed by atoms with Crippen LogP contribution >= 0.6 is 0 Å². The Hall–Kier alpha value is -1.81. The Morgan fingerprint density at radius 2 is 2.00 bits per heavy atom. The van der Waals surface area contributed by atoms with E-state index in [1.807, 2.05) is 13.0 Å². The number of aromatic nitrogens is 1. The highest BCUT2D eigenvalue weighted by Crippen LogP contribution is 2.36. The van der Waals surface area contributed by atoms with E-state index in [-0.39, 0.29) is 0 Å². The molecule has 0 spiro atoms. The van der Waals surface area contributed by atoms with Gasteiger partial charge < -0.3 is 9.26 Å². The molecule has 0 fully saturated rings. The molecule has 3 rings (SSSR count). The average Bonchev–Trinajstić information content (AvgIpc) is 2.99. The first-order valence-corrected chi connectivity index (χ1v) is 8.65. The number of hydrogen-bond acceptors (Lipinski definition) is 4. The molecule has 1 aliphatic heterocycles. The van der Waals surface area contributed by atoms with E-state index in [4.69, 9.17) is 9.26 Å². The molecule has 124 valence electrons. The summed E-state index contributed by atoms with van der Waals surface area (Å²) in [4.78, 5) is 2.56. The van der Waals surface area contributed by atoms with Crippen molar-refractivity contribution in [2.24, 2.45) is 0 Å². The number of aryl methyl sites for hydroxylation is 1. The van der Waals surface area contributed by atoms with Crippen molar-refractivity contribution in [2.45, 2.75) is 46.1 Å². The normalized spacial score (nSPS) is 17.1. The minimum absolute atomic E-state index is 0.437. The van der Waals surface area contributed by atoms with Gasteiger partial charge in [-0.15, -0.1) is 0 Å². The molecule has 0 aliphatic carbocycles. The summed E-state index contributed by atoms with van der Waals surface area (Å²) in [5.74, 6) is 1.85. The van der Waals surface area contributed by atoms with Crippen LogP contribution in [0.15, 0.2) is 28.9 Å². The van der Waals surface area contributed by atoms with E-state index in [9.17, 15) is 0 Å². The van der Waals surface area contributed by atoms with E-state index in [1.165, 1.54) is 18.4 Å². The zero-order chi connectivity index (χ0) is 16.2. The van der Waals surface area contributed by atoms with E-state index < -0.39 is 0 Å². The van der Waals surface area contributed by atoms with Crippen LogP contribution in [-0.4, -0.2) is 35.8 Å². The molecule has 0 bridgehead atoms. The van der Waals surface area contributed by atoms with Crippen molar-refractivity contribution in [1.82, 2.24) is 10.1 Å². The lowest BCUT2D eigenvalue weighted by molar-refractivity contribution is 0.119. The van der Waals surface area contributed by atoms with Crippen LogP contribution < -0.4 is 4.74 Å². The second-order valence-corrected chi connectivity index (χ2v) is 6.33. The molecule has 0 saturated heterocycles. The van der Waals surface area contributed by atoms with Crippen LogP contribution in [0.5, 0.6) is 5.75 Å². The summed E-state index contributed by atoms with van der Waals surface area (Å²) in [6.07, 6.45) is 5.13. The second kappa shape index (κ2) is 7.18. The predicted octanol–water partition coefficient (Wildman–Crippen LogP) is 4.08. The maximum Gasteiger partial charge on any atom is 0.170 e. The summed E-state index contributed by atoms with van der Waals surface area (Å²) in [5, 5.41) is 3.93. The standard InChI is InChI=1S/C19H26N2O2/c1-4-9-21(10-5-2)15-11-17-16(19-14(3)12-20-23-19)7-6-8-18(17)22-13-15/h6-8,12,15H,4-5,9-11,13H2,1-3H3. The molecule has 0 N–H and O–H groups in total. The van der Waals surface area contributed by atoms with Gasteiger partial charge in [0, 0.05) is 22.7 Å². The summed E-state index contributed by atoms with van der Waals surface area (Å²) in [6.45, 7) is 9.54. The van der Waals surface area contributed by atoms with E-state index >= 15 is 0 Å². The number of nitrogens with zero attached hydrogens (tertiary/aromatic N) is 2. The lowest BCUT2D eigenvalue weighted by atomic mass is 9.94. The Bertz CT molecular complexity index is 645. The first kappa shape index (κ1) is 16.1. The highest BCUT2D eigenvalue weighted by atomic mass is 16.5. The fourth-order valence-corrected chi connectivity index (χ4v) is 3.44. The molecule has 0 amide bonds. The van der Waals surface area contributed by atoms with Crippen LogP contribution in [0.2, 0.25) is 0 Å². The Balaban J connectivity index is 1.91. The maximum atomic E-state index is 6.08. The summed E-state index contributed by atoms with van der Waals surface area (Å²) in [6, 6.07) is 6.64. The van der Waals surface area contributed by atoms with Crippen LogP contribution in [0.4, 0.5) is 0 Å². The molecule has 23 heavy (non-hydrogen) atoms. The fraction of sp³-hybridized carbons (Fsp3) is 0.526. The first-order valence-electron chi connectivity index (χ1n) is 8.65. The Labute approximate surface area is 138 Å². The second-order valence-electron chi connectivity index (χ2n) is 6.33. The fourth-order valence-electron chi connectivity index (χ4n) is 3.44. The number of hydrogen-bond donors (Lipinski definition) is 0. The molecule has 4 nitrogen and oxygen atoms in total. The summed E-state index contributed by atoms with van der Waals surface area (Å²) < 4.78 is 11.6. The Morgan fingerprint density at radius 1 is 1.22 bits per heavy atom. The molecule has 4 heteroatoms. The predicted molar refractivity (Wildman–Crippen MR) is 91.8 cm³/mol. The molecular formula is C19H26N2O2. The van der Waals surface area contributed by atoms with Crippen molar-refractivity contribution in [3.05, 3.63) is 35.5 Å². The number of fused-ring (bicyclic) bond motifs is 1. The molecule has 1 aliphatic rings. The zero-order valence-corrected chi connectivity index (χ0v) is 14.3. The van der Waals surface area contributed by atoms with Crippen LogP contribution in [0.1, 0.15) is 37.8 Å². The molecule has 2 heterocycles. The average molecular weight is 314 g/mol. The highest BCUT2D eigenvalue weighted by Gasteiger charge is 2.27. The van der Waals surface area contributed by atoms with Crippen LogP contribution in [0, 0.1) is 6.92 Å². The molecule has 1 aromatic heterocycles. The topological polar surface area (TPSA) is 38.5 Å². The van der Waals surface area contributed by atoms with Gasteiger partial charge in [0.05, 0.1) is 6.20 Å². The van der Waals surface area contributed by atoms with Crippen LogP contribution in [0.25, 0.3) is 11.3 Å². The molecule has 1 unspecified atom stereocenters. The van der Waals surface area contributed by atoms with Gasteiger partial charge in [-0.2, -0.15) is 0 Å². The maximum absolute atomic E-state index is 6.08. The lowest BCUT2D eigenvalue weighted by Gasteiger charge is -2.35. The summed E-state index contributed by atoms with van der Waals surface area (Å²) in [7, 11) is 0. The van der Waals surface area contributed by atoms with E-state index in [2.05, 4.69) is 36.0 Å². The molecule has 1 atom stereocenters. The van der Waals surface area contributed by atoms with Crippen molar-refractivity contribution in [1.29, 1.82) is 0 Å². The summed E-state index contributed by atoms with van der Waals surface area (Å²) >= 11 is 0. The molecule has 0 radical (unpaired) electrons. The van der Waals surface area contributed by atoms with Gasteiger partial charge in [0.25, 0.3) is 0 Å². The number of ether oxygens (including phenoxy) is 1. The SMILES string of the molecule is CCCN(CCC)C1COc2cccc(-c3oncc3C)c2C1. The van der Waals surface area contributed by atoms with Crippen molar-refractivity contribution in [2.75, 3.05) is 19.7 Å². The largest absolute Gasteiger partial charge is 0.492 e. The highest BCUT2D eigenvalue weighted by molar-refractivity contribution is 5.68. The molecule has 1 aromatic carbocycles. The first-order chi connectivity index (χ1) is 11.2. The summed E-state index contributed by atoms with van der Waals surface area (Å²) in [5.41, 5.74) is 3.44. The zero-order valence-electron chi connectivity index (χ0n) is 14.3. The van der Waals surface area contributed by atoms with Gasteiger partial charge in [-0.3, -0.25) is 4.90 Å². The molecule has 0 saturated carbocycles. The minimum Gasteiger partial charge on any atom is -0.492 e. The Morgan fingerprint density at radius 3 is 2.65 bits per heavy atom. The van der Waals surface area contributed by atoms with Crippen molar-refractivity contribution in [3.63, 3.8) is 0 Å². The van der Waals surface area contributed by atoms with E-state index in [1.54, 1.807) is 6.20 Å². The monoisotopic (exact) mass is 314 g/mol. The molecular weight excluding hydrogens is 288 g/mol.